The third-order valence-corrected chi connectivity index (χ3v) is 4.51. The normalized spacial score (nSPS) is 17.2. The van der Waals surface area contributed by atoms with E-state index in [-0.39, 0.29) is 0 Å². The maximum atomic E-state index is 4.73. The summed E-state index contributed by atoms with van der Waals surface area (Å²) in [7, 11) is 0. The number of nitrogens with zero attached hydrogens (tertiary/aromatic N) is 6. The maximum absolute atomic E-state index is 4.73. The van der Waals surface area contributed by atoms with E-state index in [1.807, 2.05) is 16.3 Å². The fourth-order valence-corrected chi connectivity index (χ4v) is 3.34. The summed E-state index contributed by atoms with van der Waals surface area (Å²) in [6, 6.07) is 8.42. The monoisotopic (exact) mass is 308 g/mol. The number of fused-ring (bicyclic) bond motifs is 1. The zero-order chi connectivity index (χ0) is 15.8. The van der Waals surface area contributed by atoms with Gasteiger partial charge in [-0.1, -0.05) is 25.1 Å². The molecule has 3 heterocycles. The first kappa shape index (κ1) is 14.1. The van der Waals surface area contributed by atoms with Gasteiger partial charge >= 0.3 is 0 Å². The third-order valence-electron chi connectivity index (χ3n) is 4.51. The van der Waals surface area contributed by atoms with Crippen LogP contribution in [-0.2, 0) is 19.4 Å². The number of para-hydroxylation sites is 1. The van der Waals surface area contributed by atoms with Crippen LogP contribution >= 0.6 is 0 Å². The van der Waals surface area contributed by atoms with Gasteiger partial charge in [-0.2, -0.15) is 10.2 Å². The average molecular weight is 308 g/mol. The lowest BCUT2D eigenvalue weighted by atomic mass is 9.98. The van der Waals surface area contributed by atoms with Gasteiger partial charge in [-0.3, -0.25) is 0 Å². The van der Waals surface area contributed by atoms with Crippen molar-refractivity contribution in [2.75, 3.05) is 0 Å². The van der Waals surface area contributed by atoms with Crippen molar-refractivity contribution >= 4 is 0 Å². The van der Waals surface area contributed by atoms with Crippen LogP contribution in [0.1, 0.15) is 42.3 Å². The van der Waals surface area contributed by atoms with Crippen LogP contribution in [0.25, 0.3) is 5.69 Å². The van der Waals surface area contributed by atoms with Gasteiger partial charge in [-0.25, -0.2) is 19.3 Å². The molecule has 0 spiro atoms. The van der Waals surface area contributed by atoms with Crippen molar-refractivity contribution in [3.05, 3.63) is 53.6 Å². The van der Waals surface area contributed by atoms with E-state index in [1.165, 1.54) is 5.56 Å². The Kier molecular flexibility index (Phi) is 3.44. The number of hydrogen-bond donors (Lipinski definition) is 0. The van der Waals surface area contributed by atoms with Crippen LogP contribution in [0.3, 0.4) is 0 Å². The number of aryl methyl sites for hydroxylation is 3. The lowest BCUT2D eigenvalue weighted by Gasteiger charge is -2.22. The molecule has 118 valence electrons. The molecule has 0 radical (unpaired) electrons. The Morgan fingerprint density at radius 1 is 1.26 bits per heavy atom. The topological polar surface area (TPSA) is 61.4 Å². The minimum absolute atomic E-state index is 0.315. The first-order chi connectivity index (χ1) is 11.3. The SMILES string of the molecule is CCc1ccccc1-n1nc(C)nc1C1CCc2ncnn2C1. The maximum Gasteiger partial charge on any atom is 0.148 e. The van der Waals surface area contributed by atoms with E-state index in [1.54, 1.807) is 6.33 Å². The Labute approximate surface area is 135 Å². The van der Waals surface area contributed by atoms with Gasteiger partial charge in [0.05, 0.1) is 12.2 Å². The van der Waals surface area contributed by atoms with Gasteiger partial charge in [0.2, 0.25) is 0 Å². The standard InChI is InChI=1S/C17H20N6/c1-3-13-6-4-5-7-15(13)23-17(20-12(2)21-23)14-8-9-16-18-11-19-22(16)10-14/h4-7,11,14H,3,8-10H2,1-2H3. The summed E-state index contributed by atoms with van der Waals surface area (Å²) < 4.78 is 4.02. The molecule has 0 amide bonds. The van der Waals surface area contributed by atoms with Crippen LogP contribution < -0.4 is 0 Å². The van der Waals surface area contributed by atoms with Gasteiger partial charge in [0, 0.05) is 12.3 Å². The van der Waals surface area contributed by atoms with E-state index in [2.05, 4.69) is 46.4 Å². The molecular formula is C17H20N6. The second-order valence-corrected chi connectivity index (χ2v) is 6.01. The molecule has 1 aliphatic rings. The summed E-state index contributed by atoms with van der Waals surface area (Å²) in [6.45, 7) is 4.95. The van der Waals surface area contributed by atoms with Crippen molar-refractivity contribution in [3.8, 4) is 5.69 Å². The second kappa shape index (κ2) is 5.61. The van der Waals surface area contributed by atoms with Crippen molar-refractivity contribution in [2.45, 2.75) is 45.6 Å². The summed E-state index contributed by atoms with van der Waals surface area (Å²) >= 11 is 0. The van der Waals surface area contributed by atoms with Gasteiger partial charge in [0.25, 0.3) is 0 Å². The summed E-state index contributed by atoms with van der Waals surface area (Å²) in [5, 5.41) is 8.99. The third kappa shape index (κ3) is 2.44. The van der Waals surface area contributed by atoms with E-state index in [0.717, 1.165) is 49.0 Å². The molecule has 1 atom stereocenters. The molecular weight excluding hydrogens is 288 g/mol. The molecule has 0 saturated carbocycles. The molecule has 0 aliphatic carbocycles. The number of hydrogen-bond acceptors (Lipinski definition) is 4. The molecule has 0 N–H and O–H groups in total. The van der Waals surface area contributed by atoms with Crippen molar-refractivity contribution in [3.63, 3.8) is 0 Å². The zero-order valence-corrected chi connectivity index (χ0v) is 13.5. The molecule has 1 unspecified atom stereocenters. The lowest BCUT2D eigenvalue weighted by molar-refractivity contribution is 0.404. The molecule has 1 aromatic carbocycles. The van der Waals surface area contributed by atoms with Gasteiger partial charge in [0.15, 0.2) is 0 Å². The summed E-state index contributed by atoms with van der Waals surface area (Å²) in [4.78, 5) is 9.04. The van der Waals surface area contributed by atoms with Crippen LogP contribution in [-0.4, -0.2) is 29.5 Å². The lowest BCUT2D eigenvalue weighted by Crippen LogP contribution is -2.23. The largest absolute Gasteiger partial charge is 0.249 e. The predicted molar refractivity (Wildman–Crippen MR) is 86.6 cm³/mol. The van der Waals surface area contributed by atoms with Crippen molar-refractivity contribution in [2.24, 2.45) is 0 Å². The summed E-state index contributed by atoms with van der Waals surface area (Å²) in [5.41, 5.74) is 2.42. The minimum atomic E-state index is 0.315. The van der Waals surface area contributed by atoms with Crippen LogP contribution in [0.15, 0.2) is 30.6 Å². The van der Waals surface area contributed by atoms with Gasteiger partial charge in [-0.15, -0.1) is 0 Å². The smallest absolute Gasteiger partial charge is 0.148 e. The van der Waals surface area contributed by atoms with Crippen molar-refractivity contribution < 1.29 is 0 Å². The Morgan fingerprint density at radius 2 is 2.13 bits per heavy atom. The van der Waals surface area contributed by atoms with E-state index in [0.29, 0.717) is 5.92 Å². The van der Waals surface area contributed by atoms with E-state index in [9.17, 15) is 0 Å². The highest BCUT2D eigenvalue weighted by molar-refractivity contribution is 5.41. The molecule has 6 nitrogen and oxygen atoms in total. The first-order valence-corrected chi connectivity index (χ1v) is 8.14. The Balaban J connectivity index is 1.76. The fourth-order valence-electron chi connectivity index (χ4n) is 3.34. The van der Waals surface area contributed by atoms with E-state index in [4.69, 9.17) is 4.98 Å². The number of benzene rings is 1. The molecule has 0 saturated heterocycles. The minimum Gasteiger partial charge on any atom is -0.249 e. The quantitative estimate of drug-likeness (QED) is 0.745. The van der Waals surface area contributed by atoms with E-state index < -0.39 is 0 Å². The first-order valence-electron chi connectivity index (χ1n) is 8.14. The summed E-state index contributed by atoms with van der Waals surface area (Å²) in [6.07, 6.45) is 4.59. The van der Waals surface area contributed by atoms with Crippen molar-refractivity contribution in [1.29, 1.82) is 0 Å². The second-order valence-electron chi connectivity index (χ2n) is 6.01. The Morgan fingerprint density at radius 3 is 3.00 bits per heavy atom. The van der Waals surface area contributed by atoms with E-state index >= 15 is 0 Å². The number of rotatable bonds is 3. The van der Waals surface area contributed by atoms with Crippen LogP contribution in [0.4, 0.5) is 0 Å². The molecule has 2 aromatic heterocycles. The molecule has 6 heteroatoms. The van der Waals surface area contributed by atoms with Gasteiger partial charge in [-0.05, 0) is 31.4 Å². The average Bonchev–Trinajstić information content (AvgIpc) is 3.20. The van der Waals surface area contributed by atoms with Crippen molar-refractivity contribution in [1.82, 2.24) is 29.5 Å². The fraction of sp³-hybridized carbons (Fsp3) is 0.412. The van der Waals surface area contributed by atoms with Gasteiger partial charge < -0.3 is 0 Å². The van der Waals surface area contributed by atoms with Gasteiger partial charge in [0.1, 0.15) is 23.8 Å². The Hall–Kier alpha value is -2.50. The van der Waals surface area contributed by atoms with Crippen LogP contribution in [0, 0.1) is 6.92 Å². The summed E-state index contributed by atoms with van der Waals surface area (Å²) in [5.74, 6) is 3.23. The predicted octanol–water partition coefficient (Wildman–Crippen LogP) is 2.46. The molecule has 3 aromatic rings. The van der Waals surface area contributed by atoms with Crippen LogP contribution in [0.5, 0.6) is 0 Å². The molecule has 4 rings (SSSR count). The van der Waals surface area contributed by atoms with Crippen LogP contribution in [0.2, 0.25) is 0 Å². The number of aromatic nitrogens is 6. The Bertz CT molecular complexity index is 831. The molecule has 0 bridgehead atoms. The molecule has 23 heavy (non-hydrogen) atoms. The zero-order valence-electron chi connectivity index (χ0n) is 13.5. The molecule has 1 aliphatic heterocycles. The molecule has 0 fully saturated rings. The highest BCUT2D eigenvalue weighted by Gasteiger charge is 2.26. The highest BCUT2D eigenvalue weighted by Crippen LogP contribution is 2.29. The highest BCUT2D eigenvalue weighted by atomic mass is 15.4.